The van der Waals surface area contributed by atoms with E-state index in [0.29, 0.717) is 24.5 Å². The van der Waals surface area contributed by atoms with Crippen molar-refractivity contribution in [3.05, 3.63) is 65.4 Å². The summed E-state index contributed by atoms with van der Waals surface area (Å²) in [4.78, 5) is 34.4. The highest BCUT2D eigenvalue weighted by Gasteiger charge is 2.27. The van der Waals surface area contributed by atoms with Crippen molar-refractivity contribution in [3.8, 4) is 16.3 Å². The third-order valence-electron chi connectivity index (χ3n) is 4.70. The van der Waals surface area contributed by atoms with E-state index in [2.05, 4.69) is 9.97 Å². The fourth-order valence-electron chi connectivity index (χ4n) is 3.28. The van der Waals surface area contributed by atoms with Crippen LogP contribution in [-0.2, 0) is 0 Å². The monoisotopic (exact) mass is 408 g/mol. The lowest BCUT2D eigenvalue weighted by molar-refractivity contribution is 0.0533. The van der Waals surface area contributed by atoms with Crippen LogP contribution in [0.25, 0.3) is 10.6 Å². The summed E-state index contributed by atoms with van der Waals surface area (Å²) < 4.78 is 5.98. The summed E-state index contributed by atoms with van der Waals surface area (Å²) >= 11 is 1.46. The lowest BCUT2D eigenvalue weighted by atomic mass is 10.1. The minimum absolute atomic E-state index is 0.0933. The van der Waals surface area contributed by atoms with Gasteiger partial charge in [-0.1, -0.05) is 30.3 Å². The first kappa shape index (κ1) is 19.1. The molecule has 2 amide bonds. The molecule has 3 heterocycles. The van der Waals surface area contributed by atoms with E-state index in [-0.39, 0.29) is 17.7 Å². The first-order chi connectivity index (χ1) is 14.1. The highest BCUT2D eigenvalue weighted by atomic mass is 32.1. The Morgan fingerprint density at radius 1 is 1.17 bits per heavy atom. The zero-order chi connectivity index (χ0) is 20.2. The largest absolute Gasteiger partial charge is 0.488 e. The standard InChI is InChI=1S/C21H20N4O3S/c22-19(26)17-11-15(8-9-23-17)28-16-7-4-10-25(12-16)21(27)18-13-29-20(24-18)14-5-2-1-3-6-14/h1-3,5-6,8-9,11,13,16H,4,7,10,12H2,(H2,22,26). The number of benzene rings is 1. The number of rotatable bonds is 5. The van der Waals surface area contributed by atoms with E-state index in [9.17, 15) is 9.59 Å². The van der Waals surface area contributed by atoms with Crippen molar-refractivity contribution in [2.45, 2.75) is 18.9 Å². The van der Waals surface area contributed by atoms with Crippen molar-refractivity contribution in [1.82, 2.24) is 14.9 Å². The third kappa shape index (κ3) is 4.43. The summed E-state index contributed by atoms with van der Waals surface area (Å²) in [6.45, 7) is 1.13. The Morgan fingerprint density at radius 3 is 2.79 bits per heavy atom. The molecule has 1 aliphatic heterocycles. The molecular weight excluding hydrogens is 388 g/mol. The molecule has 1 saturated heterocycles. The zero-order valence-electron chi connectivity index (χ0n) is 15.7. The van der Waals surface area contributed by atoms with Crippen molar-refractivity contribution < 1.29 is 14.3 Å². The number of nitrogens with two attached hydrogens (primary N) is 1. The van der Waals surface area contributed by atoms with Gasteiger partial charge in [-0.15, -0.1) is 11.3 Å². The molecule has 3 aromatic rings. The smallest absolute Gasteiger partial charge is 0.273 e. The van der Waals surface area contributed by atoms with Gasteiger partial charge in [-0.05, 0) is 18.9 Å². The van der Waals surface area contributed by atoms with E-state index in [4.69, 9.17) is 10.5 Å². The number of carbonyl (C=O) groups is 2. The van der Waals surface area contributed by atoms with Gasteiger partial charge in [-0.3, -0.25) is 14.6 Å². The Labute approximate surface area is 172 Å². The maximum Gasteiger partial charge on any atom is 0.273 e. The predicted octanol–water partition coefficient (Wildman–Crippen LogP) is 2.99. The quantitative estimate of drug-likeness (QED) is 0.700. The number of hydrogen-bond donors (Lipinski definition) is 1. The van der Waals surface area contributed by atoms with Crippen molar-refractivity contribution >= 4 is 23.2 Å². The summed E-state index contributed by atoms with van der Waals surface area (Å²) in [6, 6.07) is 13.0. The van der Waals surface area contributed by atoms with Crippen LogP contribution in [0, 0.1) is 0 Å². The number of nitrogens with zero attached hydrogens (tertiary/aromatic N) is 3. The molecule has 1 unspecified atom stereocenters. The van der Waals surface area contributed by atoms with Gasteiger partial charge in [0.25, 0.3) is 11.8 Å². The molecule has 1 aliphatic rings. The minimum atomic E-state index is -0.603. The molecule has 4 rings (SSSR count). The van der Waals surface area contributed by atoms with E-state index >= 15 is 0 Å². The van der Waals surface area contributed by atoms with Gasteiger partial charge in [0.15, 0.2) is 0 Å². The number of primary amides is 1. The number of piperidine rings is 1. The van der Waals surface area contributed by atoms with Gasteiger partial charge in [0.2, 0.25) is 0 Å². The Bertz CT molecular complexity index is 1020. The highest BCUT2D eigenvalue weighted by molar-refractivity contribution is 7.13. The molecule has 1 fully saturated rings. The van der Waals surface area contributed by atoms with E-state index in [1.807, 2.05) is 30.3 Å². The molecule has 8 heteroatoms. The molecule has 1 aromatic carbocycles. The van der Waals surface area contributed by atoms with Crippen LogP contribution in [0.3, 0.4) is 0 Å². The average Bonchev–Trinajstić information content (AvgIpc) is 3.24. The van der Waals surface area contributed by atoms with Gasteiger partial charge < -0.3 is 15.4 Å². The summed E-state index contributed by atoms with van der Waals surface area (Å²) in [5.74, 6) is -0.175. The molecule has 2 aromatic heterocycles. The van der Waals surface area contributed by atoms with Gasteiger partial charge >= 0.3 is 0 Å². The molecule has 7 nitrogen and oxygen atoms in total. The first-order valence-corrected chi connectivity index (χ1v) is 10.2. The number of pyridine rings is 1. The van der Waals surface area contributed by atoms with Gasteiger partial charge in [0.05, 0.1) is 6.54 Å². The number of carbonyl (C=O) groups excluding carboxylic acids is 2. The minimum Gasteiger partial charge on any atom is -0.488 e. The maximum absolute atomic E-state index is 12.9. The average molecular weight is 408 g/mol. The van der Waals surface area contributed by atoms with Crippen LogP contribution in [0.5, 0.6) is 5.75 Å². The molecule has 0 aliphatic carbocycles. The Hall–Kier alpha value is -3.26. The van der Waals surface area contributed by atoms with Crippen molar-refractivity contribution in [2.24, 2.45) is 5.73 Å². The zero-order valence-corrected chi connectivity index (χ0v) is 16.5. The van der Waals surface area contributed by atoms with Gasteiger partial charge in [-0.25, -0.2) is 4.98 Å². The first-order valence-electron chi connectivity index (χ1n) is 9.33. The van der Waals surface area contributed by atoms with E-state index in [1.54, 1.807) is 16.3 Å². The van der Waals surface area contributed by atoms with Crippen molar-refractivity contribution in [2.75, 3.05) is 13.1 Å². The second kappa shape index (κ2) is 8.40. The van der Waals surface area contributed by atoms with Crippen LogP contribution in [-0.4, -0.2) is 45.9 Å². The number of likely N-dealkylation sites (tertiary alicyclic amines) is 1. The SMILES string of the molecule is NC(=O)c1cc(OC2CCCN(C(=O)c3csc(-c4ccccc4)n3)C2)ccn1. The Kier molecular flexibility index (Phi) is 5.53. The molecule has 0 saturated carbocycles. The summed E-state index contributed by atoms with van der Waals surface area (Å²) in [5, 5.41) is 2.63. The lowest BCUT2D eigenvalue weighted by Gasteiger charge is -2.32. The molecule has 2 N–H and O–H groups in total. The molecule has 29 heavy (non-hydrogen) atoms. The summed E-state index contributed by atoms with van der Waals surface area (Å²) in [7, 11) is 0. The highest BCUT2D eigenvalue weighted by Crippen LogP contribution is 2.25. The van der Waals surface area contributed by atoms with Crippen LogP contribution < -0.4 is 10.5 Å². The Morgan fingerprint density at radius 2 is 2.00 bits per heavy atom. The van der Waals surface area contributed by atoms with Crippen LogP contribution in [0.1, 0.15) is 33.8 Å². The lowest BCUT2D eigenvalue weighted by Crippen LogP contribution is -2.44. The third-order valence-corrected chi connectivity index (χ3v) is 5.59. The number of aromatic nitrogens is 2. The second-order valence-corrected chi connectivity index (χ2v) is 7.64. The van der Waals surface area contributed by atoms with Crippen molar-refractivity contribution in [3.63, 3.8) is 0 Å². The molecule has 148 valence electrons. The number of thiazole rings is 1. The normalized spacial score (nSPS) is 16.4. The Balaban J connectivity index is 1.43. The summed E-state index contributed by atoms with van der Waals surface area (Å²) in [5.41, 5.74) is 6.88. The van der Waals surface area contributed by atoms with Crippen LogP contribution in [0.4, 0.5) is 0 Å². The molecule has 0 bridgehead atoms. The molecule has 0 radical (unpaired) electrons. The molecular formula is C21H20N4O3S. The van der Waals surface area contributed by atoms with E-state index in [1.165, 1.54) is 23.6 Å². The van der Waals surface area contributed by atoms with Gasteiger partial charge in [0.1, 0.15) is 28.2 Å². The fourth-order valence-corrected chi connectivity index (χ4v) is 4.08. The van der Waals surface area contributed by atoms with Crippen LogP contribution in [0.2, 0.25) is 0 Å². The topological polar surface area (TPSA) is 98.4 Å². The van der Waals surface area contributed by atoms with Gasteiger partial charge in [0, 0.05) is 29.8 Å². The second-order valence-electron chi connectivity index (χ2n) is 6.78. The number of hydrogen-bond acceptors (Lipinski definition) is 6. The van der Waals surface area contributed by atoms with Crippen LogP contribution >= 0.6 is 11.3 Å². The van der Waals surface area contributed by atoms with E-state index in [0.717, 1.165) is 23.4 Å². The fraction of sp³-hybridized carbons (Fsp3) is 0.238. The predicted molar refractivity (Wildman–Crippen MR) is 110 cm³/mol. The molecule has 1 atom stereocenters. The van der Waals surface area contributed by atoms with Crippen molar-refractivity contribution in [1.29, 1.82) is 0 Å². The summed E-state index contributed by atoms with van der Waals surface area (Å²) in [6.07, 6.45) is 2.98. The number of ether oxygens (including phenoxy) is 1. The van der Waals surface area contributed by atoms with E-state index < -0.39 is 5.91 Å². The number of amides is 2. The molecule has 0 spiro atoms. The maximum atomic E-state index is 12.9. The van der Waals surface area contributed by atoms with Gasteiger partial charge in [-0.2, -0.15) is 0 Å². The van der Waals surface area contributed by atoms with Crippen LogP contribution in [0.15, 0.2) is 54.0 Å².